The Labute approximate surface area is 78.6 Å². The number of aromatic nitrogens is 2. The van der Waals surface area contributed by atoms with E-state index < -0.39 is 0 Å². The van der Waals surface area contributed by atoms with E-state index >= 15 is 0 Å². The first-order chi connectivity index (χ1) is 5.54. The minimum absolute atomic E-state index is 0.446. The highest BCUT2D eigenvalue weighted by molar-refractivity contribution is 7.71. The number of hydrogen-bond donors (Lipinski definition) is 1. The van der Waals surface area contributed by atoms with Gasteiger partial charge in [-0.05, 0) is 32.0 Å². The van der Waals surface area contributed by atoms with Crippen molar-refractivity contribution in [2.45, 2.75) is 39.7 Å². The zero-order valence-electron chi connectivity index (χ0n) is 8.09. The van der Waals surface area contributed by atoms with Crippen LogP contribution >= 0.6 is 12.2 Å². The smallest absolute Gasteiger partial charge is 0.177 e. The average molecular weight is 184 g/mol. The maximum Gasteiger partial charge on any atom is 0.177 e. The summed E-state index contributed by atoms with van der Waals surface area (Å²) >= 11 is 5.18. The highest BCUT2D eigenvalue weighted by Gasteiger charge is 2.09. The Hall–Kier alpha value is -0.570. The summed E-state index contributed by atoms with van der Waals surface area (Å²) in [4.78, 5) is 3.08. The van der Waals surface area contributed by atoms with Gasteiger partial charge in [0.15, 0.2) is 4.77 Å². The highest BCUT2D eigenvalue weighted by atomic mass is 32.1. The number of aromatic amines is 1. The van der Waals surface area contributed by atoms with Gasteiger partial charge in [-0.25, -0.2) is 0 Å². The summed E-state index contributed by atoms with van der Waals surface area (Å²) in [5, 5.41) is 0. The molecule has 12 heavy (non-hydrogen) atoms. The van der Waals surface area contributed by atoms with Gasteiger partial charge in [0.05, 0.1) is 0 Å². The lowest BCUT2D eigenvalue weighted by molar-refractivity contribution is 0.552. The van der Waals surface area contributed by atoms with Crippen LogP contribution < -0.4 is 0 Å². The number of hydrogen-bond acceptors (Lipinski definition) is 1. The maximum absolute atomic E-state index is 5.18. The van der Waals surface area contributed by atoms with Crippen LogP contribution in [-0.4, -0.2) is 9.55 Å². The molecule has 68 valence electrons. The molecule has 1 rings (SSSR count). The van der Waals surface area contributed by atoms with E-state index in [2.05, 4.69) is 37.2 Å². The molecule has 0 aromatic carbocycles. The van der Waals surface area contributed by atoms with E-state index in [1.165, 1.54) is 5.69 Å². The third-order valence-corrected chi connectivity index (χ3v) is 2.26. The van der Waals surface area contributed by atoms with Crippen molar-refractivity contribution in [2.75, 3.05) is 0 Å². The number of nitrogens with zero attached hydrogens (tertiary/aromatic N) is 1. The van der Waals surface area contributed by atoms with Gasteiger partial charge in [-0.2, -0.15) is 0 Å². The van der Waals surface area contributed by atoms with E-state index in [0.29, 0.717) is 12.0 Å². The van der Waals surface area contributed by atoms with Crippen LogP contribution in [0.15, 0.2) is 6.20 Å². The molecule has 0 bridgehead atoms. The molecule has 2 nitrogen and oxygen atoms in total. The zero-order valence-corrected chi connectivity index (χ0v) is 8.90. The molecule has 3 heteroatoms. The Morgan fingerprint density at radius 1 is 1.33 bits per heavy atom. The number of imidazole rings is 1. The van der Waals surface area contributed by atoms with Gasteiger partial charge in [0.25, 0.3) is 0 Å². The fourth-order valence-corrected chi connectivity index (χ4v) is 1.74. The second-order valence-electron chi connectivity index (χ2n) is 3.64. The van der Waals surface area contributed by atoms with E-state index in [1.807, 2.05) is 6.20 Å². The van der Waals surface area contributed by atoms with Crippen LogP contribution in [0.2, 0.25) is 0 Å². The minimum Gasteiger partial charge on any atom is -0.337 e. The van der Waals surface area contributed by atoms with Crippen molar-refractivity contribution in [1.29, 1.82) is 0 Å². The van der Waals surface area contributed by atoms with Crippen LogP contribution in [0.4, 0.5) is 0 Å². The Kier molecular flexibility index (Phi) is 2.73. The lowest BCUT2D eigenvalue weighted by Gasteiger charge is -2.13. The van der Waals surface area contributed by atoms with Crippen molar-refractivity contribution in [1.82, 2.24) is 9.55 Å². The first kappa shape index (κ1) is 9.52. The van der Waals surface area contributed by atoms with Crippen LogP contribution in [0.5, 0.6) is 0 Å². The van der Waals surface area contributed by atoms with Gasteiger partial charge < -0.3 is 9.55 Å². The number of rotatable bonds is 2. The minimum atomic E-state index is 0.446. The summed E-state index contributed by atoms with van der Waals surface area (Å²) in [5.74, 6) is 0.528. The largest absolute Gasteiger partial charge is 0.337 e. The number of nitrogens with one attached hydrogen (secondary N) is 1. The summed E-state index contributed by atoms with van der Waals surface area (Å²) < 4.78 is 2.99. The number of H-pyrrole nitrogens is 1. The van der Waals surface area contributed by atoms with Crippen molar-refractivity contribution in [3.8, 4) is 0 Å². The van der Waals surface area contributed by atoms with E-state index in [1.54, 1.807) is 0 Å². The predicted octanol–water partition coefficient (Wildman–Crippen LogP) is 3.25. The molecule has 0 aliphatic rings. The first-order valence-corrected chi connectivity index (χ1v) is 4.74. The summed E-state index contributed by atoms with van der Waals surface area (Å²) in [6, 6.07) is 0.446. The van der Waals surface area contributed by atoms with Gasteiger partial charge in [-0.3, -0.25) is 0 Å². The molecule has 0 fully saturated rings. The Morgan fingerprint density at radius 2 is 1.92 bits per heavy atom. The molecule has 0 unspecified atom stereocenters. The van der Waals surface area contributed by atoms with Crippen LogP contribution in [0.3, 0.4) is 0 Å². The summed E-state index contributed by atoms with van der Waals surface area (Å²) in [6.07, 6.45) is 2.01. The van der Waals surface area contributed by atoms with Gasteiger partial charge in [-0.1, -0.05) is 13.8 Å². The van der Waals surface area contributed by atoms with Gasteiger partial charge >= 0.3 is 0 Å². The Bertz CT molecular complexity index is 307. The van der Waals surface area contributed by atoms with Crippen molar-refractivity contribution >= 4 is 12.2 Å². The molecule has 0 saturated carbocycles. The molecular formula is C9H16N2S. The topological polar surface area (TPSA) is 20.7 Å². The van der Waals surface area contributed by atoms with Gasteiger partial charge in [0.2, 0.25) is 0 Å². The quantitative estimate of drug-likeness (QED) is 0.700. The van der Waals surface area contributed by atoms with Crippen molar-refractivity contribution in [3.05, 3.63) is 16.7 Å². The lowest BCUT2D eigenvalue weighted by Crippen LogP contribution is -2.06. The van der Waals surface area contributed by atoms with Crippen LogP contribution in [0, 0.1) is 4.77 Å². The molecule has 1 N–H and O–H groups in total. The Balaban J connectivity index is 3.22. The third kappa shape index (κ3) is 1.61. The molecule has 0 saturated heterocycles. The van der Waals surface area contributed by atoms with Crippen LogP contribution in [-0.2, 0) is 0 Å². The molecule has 0 amide bonds. The van der Waals surface area contributed by atoms with Crippen molar-refractivity contribution in [2.24, 2.45) is 0 Å². The van der Waals surface area contributed by atoms with Crippen LogP contribution in [0.25, 0.3) is 0 Å². The summed E-state index contributed by atoms with van der Waals surface area (Å²) in [5.41, 5.74) is 1.29. The second kappa shape index (κ2) is 3.44. The van der Waals surface area contributed by atoms with Crippen molar-refractivity contribution in [3.63, 3.8) is 0 Å². The predicted molar refractivity (Wildman–Crippen MR) is 54.1 cm³/mol. The normalized spacial score (nSPS) is 11.5. The van der Waals surface area contributed by atoms with E-state index in [4.69, 9.17) is 12.2 Å². The fourth-order valence-electron chi connectivity index (χ4n) is 1.37. The third-order valence-electron chi connectivity index (χ3n) is 1.95. The van der Waals surface area contributed by atoms with Crippen LogP contribution in [0.1, 0.15) is 45.3 Å². The van der Waals surface area contributed by atoms with E-state index in [0.717, 1.165) is 4.77 Å². The summed E-state index contributed by atoms with van der Waals surface area (Å²) in [7, 11) is 0. The zero-order chi connectivity index (χ0) is 9.30. The molecule has 0 atom stereocenters. The van der Waals surface area contributed by atoms with Crippen molar-refractivity contribution < 1.29 is 0 Å². The standard InChI is InChI=1S/C9H16N2S/c1-6(2)8-5-10-9(12)11(8)7(3)4/h5-7H,1-4H3,(H,10,12). The molecule has 0 spiro atoms. The van der Waals surface area contributed by atoms with Gasteiger partial charge in [-0.15, -0.1) is 0 Å². The van der Waals surface area contributed by atoms with Gasteiger partial charge in [0.1, 0.15) is 0 Å². The second-order valence-corrected chi connectivity index (χ2v) is 4.02. The Morgan fingerprint density at radius 3 is 2.25 bits per heavy atom. The molecular weight excluding hydrogens is 168 g/mol. The fraction of sp³-hybridized carbons (Fsp3) is 0.667. The highest BCUT2D eigenvalue weighted by Crippen LogP contribution is 2.18. The molecule has 1 aromatic heterocycles. The molecule has 1 heterocycles. The van der Waals surface area contributed by atoms with E-state index in [-0.39, 0.29) is 0 Å². The summed E-state index contributed by atoms with van der Waals surface area (Å²) in [6.45, 7) is 8.65. The maximum atomic E-state index is 5.18. The molecule has 0 aliphatic carbocycles. The first-order valence-electron chi connectivity index (χ1n) is 4.33. The molecule has 0 aliphatic heterocycles. The SMILES string of the molecule is CC(C)c1c[nH]c(=S)n1C(C)C. The lowest BCUT2D eigenvalue weighted by atomic mass is 10.1. The van der Waals surface area contributed by atoms with Gasteiger partial charge in [0, 0.05) is 17.9 Å². The molecule has 0 radical (unpaired) electrons. The molecule has 1 aromatic rings. The average Bonchev–Trinajstić information content (AvgIpc) is 2.30. The monoisotopic (exact) mass is 184 g/mol. The van der Waals surface area contributed by atoms with E-state index in [9.17, 15) is 0 Å².